The Bertz CT molecular complexity index is 1700. The number of alkyl halides is 1. The fourth-order valence-electron chi connectivity index (χ4n) is 6.93. The monoisotopic (exact) mass is 575 g/mol. The minimum atomic E-state index is -1.05. The molecule has 1 aromatic carbocycles. The summed E-state index contributed by atoms with van der Waals surface area (Å²) in [5.41, 5.74) is 3.08. The average molecular weight is 576 g/mol. The second-order valence-corrected chi connectivity index (χ2v) is 13.1. The van der Waals surface area contributed by atoms with Gasteiger partial charge in [-0.15, -0.1) is 0 Å². The van der Waals surface area contributed by atoms with Gasteiger partial charge in [0.05, 0.1) is 35.7 Å². The number of carbonyl (C=O) groups excluding carboxylic acids is 1. The van der Waals surface area contributed by atoms with Gasteiger partial charge >= 0.3 is 5.97 Å². The van der Waals surface area contributed by atoms with E-state index in [0.717, 1.165) is 40.3 Å². The number of esters is 1. The minimum absolute atomic E-state index is 0.203. The molecule has 8 rings (SSSR count). The molecular formula is C32H38FN5O4. The van der Waals surface area contributed by atoms with E-state index < -0.39 is 17.9 Å². The number of nitrogens with zero attached hydrogens (tertiary/aromatic N) is 4. The van der Waals surface area contributed by atoms with Gasteiger partial charge in [-0.05, 0) is 89.1 Å². The number of rotatable bonds is 10. The average Bonchev–Trinajstić information content (AvgIpc) is 3.58. The summed E-state index contributed by atoms with van der Waals surface area (Å²) in [6, 6.07) is 9.43. The third-order valence-electron chi connectivity index (χ3n) is 9.30. The van der Waals surface area contributed by atoms with Crippen LogP contribution in [0.1, 0.15) is 75.0 Å². The van der Waals surface area contributed by atoms with E-state index in [-0.39, 0.29) is 17.6 Å². The Labute approximate surface area is 244 Å². The number of aliphatic hydroxyl groups excluding tert-OH is 1. The van der Waals surface area contributed by atoms with Crippen molar-refractivity contribution in [3.8, 4) is 17.3 Å². The molecule has 4 fully saturated rings. The summed E-state index contributed by atoms with van der Waals surface area (Å²) in [4.78, 5) is 22.8. The number of pyridine rings is 1. The summed E-state index contributed by atoms with van der Waals surface area (Å²) in [7, 11) is 3.54. The largest absolute Gasteiger partial charge is 0.494 e. The predicted octanol–water partition coefficient (Wildman–Crippen LogP) is 5.44. The molecule has 3 aromatic heterocycles. The number of ether oxygens (including phenoxy) is 2. The topological polar surface area (TPSA) is 103 Å². The van der Waals surface area contributed by atoms with Gasteiger partial charge in [0.25, 0.3) is 0 Å². The van der Waals surface area contributed by atoms with Gasteiger partial charge in [0.15, 0.2) is 5.82 Å². The van der Waals surface area contributed by atoms with Crippen molar-refractivity contribution < 1.29 is 23.8 Å². The molecule has 10 heteroatoms. The molecule has 0 radical (unpaired) electrons. The smallest absolute Gasteiger partial charge is 0.338 e. The van der Waals surface area contributed by atoms with E-state index in [9.17, 15) is 14.3 Å². The van der Waals surface area contributed by atoms with Crippen LogP contribution in [0.2, 0.25) is 0 Å². The van der Waals surface area contributed by atoms with Crippen molar-refractivity contribution in [2.45, 2.75) is 83.5 Å². The van der Waals surface area contributed by atoms with E-state index in [2.05, 4.69) is 22.0 Å². The van der Waals surface area contributed by atoms with Gasteiger partial charge in [0.2, 0.25) is 0 Å². The first kappa shape index (κ1) is 27.3. The van der Waals surface area contributed by atoms with Crippen molar-refractivity contribution in [2.75, 3.05) is 7.11 Å². The number of halogens is 1. The van der Waals surface area contributed by atoms with E-state index >= 15 is 0 Å². The normalized spacial score (nSPS) is 24.5. The van der Waals surface area contributed by atoms with Crippen LogP contribution in [-0.4, -0.2) is 55.3 Å². The van der Waals surface area contributed by atoms with Crippen LogP contribution in [0.15, 0.2) is 30.3 Å². The fourth-order valence-corrected chi connectivity index (χ4v) is 6.93. The Morgan fingerprint density at radius 3 is 2.55 bits per heavy atom. The van der Waals surface area contributed by atoms with Crippen molar-refractivity contribution in [2.24, 2.45) is 18.4 Å². The first-order valence-electron chi connectivity index (χ1n) is 14.9. The molecule has 0 saturated heterocycles. The van der Waals surface area contributed by atoms with E-state index in [1.165, 1.54) is 12.8 Å². The maximum absolute atomic E-state index is 14.1. The number of benzene rings is 1. The number of carbonyl (C=O) groups is 1. The number of aryl methyl sites for hydroxylation is 1. The fraction of sp³-hybridized carbons (Fsp3) is 0.531. The maximum Gasteiger partial charge on any atom is 0.338 e. The molecule has 2 bridgehead atoms. The van der Waals surface area contributed by atoms with Crippen molar-refractivity contribution in [1.82, 2.24) is 24.4 Å². The molecule has 2 atom stereocenters. The number of aliphatic hydroxyl groups is 1. The maximum atomic E-state index is 14.1. The van der Waals surface area contributed by atoms with Gasteiger partial charge in [-0.1, -0.05) is 0 Å². The standard InChI is InChI=1S/C32H38FN5O4/c1-17(2)42-29(39)21-10-23-26(25(12-21)41-5)37(4)28(36-23)24-11-20-8-9-22(35-27(20)38(24)13-19-6-7-19)18(3)34-30(40)31-14-32(33,15-31)16-31/h8-12,17-19,30,34,40H,6-7,13-16H2,1-5H3/t18-,30?,31?,32?/m1/s1. The van der Waals surface area contributed by atoms with Crippen molar-refractivity contribution in [3.63, 3.8) is 0 Å². The molecule has 3 heterocycles. The van der Waals surface area contributed by atoms with Crippen LogP contribution >= 0.6 is 0 Å². The number of hydrogen-bond donors (Lipinski definition) is 2. The van der Waals surface area contributed by atoms with Crippen LogP contribution < -0.4 is 10.1 Å². The number of hydrogen-bond acceptors (Lipinski definition) is 7. The molecule has 0 aliphatic heterocycles. The zero-order valence-corrected chi connectivity index (χ0v) is 24.8. The summed E-state index contributed by atoms with van der Waals surface area (Å²) < 4.78 is 29.4. The summed E-state index contributed by atoms with van der Waals surface area (Å²) in [5, 5.41) is 15.1. The SMILES string of the molecule is COc1cc(C(=O)OC(C)C)cc2nc(-c3cc4ccc([C@@H](C)NC(O)C56CC(F)(C5)C6)nc4n3CC3CC3)n(C)c12. The van der Waals surface area contributed by atoms with Gasteiger partial charge in [0.1, 0.15) is 28.8 Å². The Morgan fingerprint density at radius 2 is 1.90 bits per heavy atom. The third-order valence-corrected chi connectivity index (χ3v) is 9.30. The van der Waals surface area contributed by atoms with Gasteiger partial charge < -0.3 is 23.7 Å². The zero-order valence-electron chi connectivity index (χ0n) is 24.8. The Hall–Kier alpha value is -3.50. The summed E-state index contributed by atoms with van der Waals surface area (Å²) in [6.07, 6.45) is 2.67. The molecule has 4 aromatic rings. The first-order chi connectivity index (χ1) is 20.0. The number of fused-ring (bicyclic) bond motifs is 2. The summed E-state index contributed by atoms with van der Waals surface area (Å²) in [5.74, 6) is 1.47. The lowest BCUT2D eigenvalue weighted by atomic mass is 9.41. The van der Waals surface area contributed by atoms with Crippen LogP contribution in [-0.2, 0) is 18.3 Å². The van der Waals surface area contributed by atoms with Gasteiger partial charge in [-0.3, -0.25) is 5.32 Å². The highest BCUT2D eigenvalue weighted by Gasteiger charge is 2.72. The lowest BCUT2D eigenvalue weighted by molar-refractivity contribution is -0.266. The van der Waals surface area contributed by atoms with Crippen molar-refractivity contribution in [3.05, 3.63) is 41.6 Å². The molecule has 0 spiro atoms. The van der Waals surface area contributed by atoms with Gasteiger partial charge in [-0.25, -0.2) is 19.2 Å². The van der Waals surface area contributed by atoms with Gasteiger partial charge in [-0.2, -0.15) is 0 Å². The van der Waals surface area contributed by atoms with E-state index in [0.29, 0.717) is 42.0 Å². The van der Waals surface area contributed by atoms with Crippen molar-refractivity contribution >= 4 is 28.0 Å². The lowest BCUT2D eigenvalue weighted by Gasteiger charge is -2.67. The Morgan fingerprint density at radius 1 is 1.17 bits per heavy atom. The molecule has 222 valence electrons. The second-order valence-electron chi connectivity index (χ2n) is 13.1. The highest BCUT2D eigenvalue weighted by Crippen LogP contribution is 2.70. The highest BCUT2D eigenvalue weighted by molar-refractivity contribution is 5.97. The van der Waals surface area contributed by atoms with Crippen LogP contribution in [0.25, 0.3) is 33.6 Å². The molecule has 4 aliphatic carbocycles. The predicted molar refractivity (Wildman–Crippen MR) is 157 cm³/mol. The first-order valence-corrected chi connectivity index (χ1v) is 14.9. The van der Waals surface area contributed by atoms with Crippen molar-refractivity contribution in [1.29, 1.82) is 0 Å². The molecule has 1 unspecified atom stereocenters. The zero-order chi connectivity index (χ0) is 29.6. The summed E-state index contributed by atoms with van der Waals surface area (Å²) >= 11 is 0. The molecule has 42 heavy (non-hydrogen) atoms. The number of imidazole rings is 1. The van der Waals surface area contributed by atoms with Gasteiger partial charge in [0, 0.05) is 30.4 Å². The molecule has 4 aliphatic rings. The minimum Gasteiger partial charge on any atom is -0.494 e. The number of aromatic nitrogens is 4. The van der Waals surface area contributed by atoms with Crippen LogP contribution in [0.3, 0.4) is 0 Å². The second kappa shape index (κ2) is 9.50. The van der Waals surface area contributed by atoms with Crippen LogP contribution in [0, 0.1) is 11.3 Å². The molecule has 9 nitrogen and oxygen atoms in total. The molecule has 0 amide bonds. The number of methoxy groups -OCH3 is 1. The lowest BCUT2D eigenvalue weighted by Crippen LogP contribution is -2.71. The molecular weight excluding hydrogens is 537 g/mol. The highest BCUT2D eigenvalue weighted by atomic mass is 19.1. The van der Waals surface area contributed by atoms with E-state index in [1.54, 1.807) is 19.2 Å². The summed E-state index contributed by atoms with van der Waals surface area (Å²) in [6.45, 7) is 6.46. The van der Waals surface area contributed by atoms with Crippen LogP contribution in [0.5, 0.6) is 5.75 Å². The third kappa shape index (κ3) is 4.38. The van der Waals surface area contributed by atoms with E-state index in [1.807, 2.05) is 38.5 Å². The van der Waals surface area contributed by atoms with Crippen LogP contribution in [0.4, 0.5) is 4.39 Å². The Balaban J connectivity index is 1.26. The molecule has 4 saturated carbocycles. The van der Waals surface area contributed by atoms with E-state index in [4.69, 9.17) is 19.4 Å². The quantitative estimate of drug-likeness (QED) is 0.192. The Kier molecular flexibility index (Phi) is 6.19. The number of nitrogens with one attached hydrogen (secondary N) is 1. The molecule has 2 N–H and O–H groups in total.